The Morgan fingerprint density at radius 1 is 1.32 bits per heavy atom. The number of hydrogen-bond acceptors (Lipinski definition) is 3. The van der Waals surface area contributed by atoms with E-state index < -0.39 is 0 Å². The third-order valence-electron chi connectivity index (χ3n) is 2.57. The maximum absolute atomic E-state index is 9.39. The van der Waals surface area contributed by atoms with Gasteiger partial charge in [0.2, 0.25) is 0 Å². The average molecular weight is 308 g/mol. The molecule has 0 aliphatic heterocycles. The van der Waals surface area contributed by atoms with Crippen LogP contribution in [0.4, 0.5) is 0 Å². The molecule has 1 nitrogen and oxygen atoms in total. The van der Waals surface area contributed by atoms with Gasteiger partial charge < -0.3 is 0 Å². The van der Waals surface area contributed by atoms with Gasteiger partial charge in [0.15, 0.2) is 0 Å². The Morgan fingerprint density at radius 3 is 2.58 bits per heavy atom. The highest BCUT2D eigenvalue weighted by molar-refractivity contribution is 8.01. The van der Waals surface area contributed by atoms with Gasteiger partial charge >= 0.3 is 0 Å². The number of thioether (sulfide) groups is 1. The zero-order valence-electron chi connectivity index (χ0n) is 10.8. The van der Waals surface area contributed by atoms with Crippen molar-refractivity contribution >= 4 is 34.7 Å². The summed E-state index contributed by atoms with van der Waals surface area (Å²) in [5, 5.41) is 12.2. The maximum atomic E-state index is 9.39. The number of benzene rings is 1. The number of hydrogen-bond donors (Lipinski definition) is 0. The van der Waals surface area contributed by atoms with Gasteiger partial charge in [0, 0.05) is 21.7 Å². The Kier molecular flexibility index (Phi) is 4.93. The van der Waals surface area contributed by atoms with Crippen LogP contribution in [0.1, 0.15) is 19.4 Å². The summed E-state index contributed by atoms with van der Waals surface area (Å²) >= 11 is 9.31. The molecule has 0 saturated carbocycles. The molecule has 0 bridgehead atoms. The lowest BCUT2D eigenvalue weighted by Crippen LogP contribution is -1.90. The molecule has 0 saturated heterocycles. The van der Waals surface area contributed by atoms with E-state index in [2.05, 4.69) is 25.3 Å². The standard InChI is InChI=1S/C15H14ClNS2/c1-10(2)8-18-15-13(7-17)14(9-19-15)11-3-5-12(16)6-4-11/h3-6,9-10H,8H2,1-2H3. The van der Waals surface area contributed by atoms with Crippen LogP contribution in [0.3, 0.4) is 0 Å². The minimum atomic E-state index is 0.623. The van der Waals surface area contributed by atoms with Crippen LogP contribution in [-0.2, 0) is 0 Å². The largest absolute Gasteiger partial charge is 0.192 e. The van der Waals surface area contributed by atoms with E-state index in [1.807, 2.05) is 24.3 Å². The minimum absolute atomic E-state index is 0.623. The molecule has 0 spiro atoms. The predicted molar refractivity (Wildman–Crippen MR) is 85.0 cm³/mol. The fourth-order valence-electron chi connectivity index (χ4n) is 1.64. The van der Waals surface area contributed by atoms with Gasteiger partial charge in [0.05, 0.1) is 9.77 Å². The smallest absolute Gasteiger partial charge is 0.102 e. The summed E-state index contributed by atoms with van der Waals surface area (Å²) in [6.07, 6.45) is 0. The molecule has 19 heavy (non-hydrogen) atoms. The Hall–Kier alpha value is -0.950. The zero-order chi connectivity index (χ0) is 13.8. The van der Waals surface area contributed by atoms with Gasteiger partial charge in [-0.2, -0.15) is 5.26 Å². The Morgan fingerprint density at radius 2 is 2.00 bits per heavy atom. The van der Waals surface area contributed by atoms with E-state index in [4.69, 9.17) is 11.6 Å². The maximum Gasteiger partial charge on any atom is 0.102 e. The molecule has 0 N–H and O–H groups in total. The van der Waals surface area contributed by atoms with Crippen LogP contribution in [0.15, 0.2) is 33.9 Å². The van der Waals surface area contributed by atoms with Gasteiger partial charge in [-0.1, -0.05) is 37.6 Å². The second-order valence-corrected chi connectivity index (χ2v) is 7.24. The molecular formula is C15H14ClNS2. The quantitative estimate of drug-likeness (QED) is 0.678. The molecule has 0 radical (unpaired) electrons. The van der Waals surface area contributed by atoms with Crippen LogP contribution in [0.5, 0.6) is 0 Å². The molecule has 0 unspecified atom stereocenters. The van der Waals surface area contributed by atoms with Gasteiger partial charge in [0.25, 0.3) is 0 Å². The fourth-order valence-corrected chi connectivity index (χ4v) is 3.92. The lowest BCUT2D eigenvalue weighted by Gasteiger charge is -2.03. The lowest BCUT2D eigenvalue weighted by molar-refractivity contribution is 0.750. The van der Waals surface area contributed by atoms with E-state index >= 15 is 0 Å². The highest BCUT2D eigenvalue weighted by atomic mass is 35.5. The topological polar surface area (TPSA) is 23.8 Å². The molecule has 0 aliphatic rings. The highest BCUT2D eigenvalue weighted by Gasteiger charge is 2.13. The van der Waals surface area contributed by atoms with Gasteiger partial charge in [0.1, 0.15) is 6.07 Å². The number of nitrogens with zero attached hydrogens (tertiary/aromatic N) is 1. The normalized spacial score (nSPS) is 10.7. The van der Waals surface area contributed by atoms with Gasteiger partial charge in [-0.25, -0.2) is 0 Å². The van der Waals surface area contributed by atoms with Crippen molar-refractivity contribution in [3.05, 3.63) is 40.2 Å². The van der Waals surface area contributed by atoms with Crippen LogP contribution in [0.2, 0.25) is 5.02 Å². The van der Waals surface area contributed by atoms with Crippen LogP contribution in [0.25, 0.3) is 11.1 Å². The molecule has 0 amide bonds. The predicted octanol–water partition coefficient (Wildman–Crippen LogP) is 5.69. The third kappa shape index (κ3) is 3.54. The van der Waals surface area contributed by atoms with Crippen LogP contribution < -0.4 is 0 Å². The second-order valence-electron chi connectivity index (χ2n) is 4.64. The monoisotopic (exact) mass is 307 g/mol. The molecule has 0 fully saturated rings. The van der Waals surface area contributed by atoms with E-state index in [1.165, 1.54) is 0 Å². The van der Waals surface area contributed by atoms with Crippen LogP contribution >= 0.6 is 34.7 Å². The van der Waals surface area contributed by atoms with Crippen molar-refractivity contribution in [3.8, 4) is 17.2 Å². The van der Waals surface area contributed by atoms with Gasteiger partial charge in [-0.05, 0) is 23.6 Å². The zero-order valence-corrected chi connectivity index (χ0v) is 13.2. The molecule has 1 aromatic carbocycles. The van der Waals surface area contributed by atoms with Crippen molar-refractivity contribution < 1.29 is 0 Å². The van der Waals surface area contributed by atoms with E-state index in [0.29, 0.717) is 10.9 Å². The van der Waals surface area contributed by atoms with E-state index in [9.17, 15) is 5.26 Å². The van der Waals surface area contributed by atoms with Crippen molar-refractivity contribution in [2.24, 2.45) is 5.92 Å². The van der Waals surface area contributed by atoms with Gasteiger partial charge in [-0.3, -0.25) is 0 Å². The first-order chi connectivity index (χ1) is 9.11. The molecular weight excluding hydrogens is 294 g/mol. The summed E-state index contributed by atoms with van der Waals surface area (Å²) in [4.78, 5) is 0. The van der Waals surface area contributed by atoms with E-state index in [1.54, 1.807) is 23.1 Å². The van der Waals surface area contributed by atoms with E-state index in [-0.39, 0.29) is 0 Å². The number of rotatable bonds is 4. The molecule has 4 heteroatoms. The number of halogens is 1. The molecule has 0 atom stereocenters. The molecule has 1 aromatic heterocycles. The van der Waals surface area contributed by atoms with Gasteiger partial charge in [-0.15, -0.1) is 23.1 Å². The first-order valence-corrected chi connectivity index (χ1v) is 8.26. The molecule has 0 aliphatic carbocycles. The summed E-state index contributed by atoms with van der Waals surface area (Å²) in [5.74, 6) is 1.66. The Balaban J connectivity index is 2.32. The van der Waals surface area contributed by atoms with Crippen LogP contribution in [0, 0.1) is 17.2 Å². The van der Waals surface area contributed by atoms with Crippen molar-refractivity contribution in [1.29, 1.82) is 5.26 Å². The first-order valence-electron chi connectivity index (χ1n) is 6.02. The second kappa shape index (κ2) is 6.47. The molecule has 2 aromatic rings. The summed E-state index contributed by atoms with van der Waals surface area (Å²) in [5.41, 5.74) is 2.85. The van der Waals surface area contributed by atoms with Crippen molar-refractivity contribution in [3.63, 3.8) is 0 Å². The average Bonchev–Trinajstić information content (AvgIpc) is 2.80. The highest BCUT2D eigenvalue weighted by Crippen LogP contribution is 2.38. The first kappa shape index (κ1) is 14.5. The Labute approximate surface area is 127 Å². The summed E-state index contributed by atoms with van der Waals surface area (Å²) < 4.78 is 1.11. The third-order valence-corrected chi connectivity index (χ3v) is 5.54. The van der Waals surface area contributed by atoms with Crippen molar-refractivity contribution in [1.82, 2.24) is 0 Å². The number of nitriles is 1. The lowest BCUT2D eigenvalue weighted by atomic mass is 10.1. The molecule has 1 heterocycles. The molecule has 98 valence electrons. The SMILES string of the molecule is CC(C)CSc1scc(-c2ccc(Cl)cc2)c1C#N. The van der Waals surface area contributed by atoms with Crippen molar-refractivity contribution in [2.45, 2.75) is 18.1 Å². The van der Waals surface area contributed by atoms with Crippen LogP contribution in [-0.4, -0.2) is 5.75 Å². The van der Waals surface area contributed by atoms with Crippen molar-refractivity contribution in [2.75, 3.05) is 5.75 Å². The number of thiophene rings is 1. The van der Waals surface area contributed by atoms with E-state index in [0.717, 1.165) is 26.7 Å². The summed E-state index contributed by atoms with van der Waals surface area (Å²) in [6.45, 7) is 4.37. The molecule has 2 rings (SSSR count). The summed E-state index contributed by atoms with van der Waals surface area (Å²) in [7, 11) is 0. The Bertz CT molecular complexity index is 594. The minimum Gasteiger partial charge on any atom is -0.192 e. The summed E-state index contributed by atoms with van der Waals surface area (Å²) in [6, 6.07) is 9.97. The fraction of sp³-hybridized carbons (Fsp3) is 0.267.